The molecule has 1 fully saturated rings. The molecule has 8 heteroatoms. The lowest BCUT2D eigenvalue weighted by molar-refractivity contribution is -0.130. The van der Waals surface area contributed by atoms with Gasteiger partial charge in [0, 0.05) is 26.2 Å². The number of halogens is 1. The molecule has 1 heterocycles. The Hall–Kier alpha value is -1.51. The topological polar surface area (TPSA) is 78.5 Å². The van der Waals surface area contributed by atoms with E-state index in [1.165, 1.54) is 12.1 Å². The largest absolute Gasteiger partial charge is 0.339 e. The molecule has 1 aliphatic heterocycles. The fourth-order valence-corrected chi connectivity index (χ4v) is 2.91. The minimum absolute atomic E-state index is 0.189. The highest BCUT2D eigenvalue weighted by Gasteiger charge is 2.20. The molecule has 110 valence electrons. The molecule has 0 atom stereocenters. The van der Waals surface area contributed by atoms with Crippen molar-refractivity contribution in [3.05, 3.63) is 30.1 Å². The fraction of sp³-hybridized carbons (Fsp3) is 0.417. The molecule has 0 saturated carbocycles. The van der Waals surface area contributed by atoms with Gasteiger partial charge >= 0.3 is 0 Å². The minimum Gasteiger partial charge on any atom is -0.339 e. The minimum atomic E-state index is -3.87. The van der Waals surface area contributed by atoms with Crippen LogP contribution in [0.5, 0.6) is 0 Å². The summed E-state index contributed by atoms with van der Waals surface area (Å²) in [5.41, 5.74) is 0. The monoisotopic (exact) mass is 301 g/mol. The summed E-state index contributed by atoms with van der Waals surface area (Å²) in [6.07, 6.45) is 0. The van der Waals surface area contributed by atoms with Crippen molar-refractivity contribution >= 4 is 15.9 Å². The zero-order valence-corrected chi connectivity index (χ0v) is 11.6. The fourth-order valence-electron chi connectivity index (χ4n) is 1.90. The Labute approximate surface area is 117 Å². The van der Waals surface area contributed by atoms with E-state index in [4.69, 9.17) is 0 Å². The summed E-state index contributed by atoms with van der Waals surface area (Å²) >= 11 is 0. The first-order valence-corrected chi connectivity index (χ1v) is 7.71. The van der Waals surface area contributed by atoms with Gasteiger partial charge in [-0.15, -0.1) is 0 Å². The summed E-state index contributed by atoms with van der Waals surface area (Å²) in [5, 5.41) is 3.10. The molecule has 20 heavy (non-hydrogen) atoms. The molecular formula is C12H16FN3O3S. The zero-order valence-electron chi connectivity index (χ0n) is 10.8. The van der Waals surface area contributed by atoms with Gasteiger partial charge in [0.25, 0.3) is 0 Å². The molecule has 6 nitrogen and oxygen atoms in total. The maximum absolute atomic E-state index is 13.0. The van der Waals surface area contributed by atoms with Crippen LogP contribution in [0.2, 0.25) is 0 Å². The van der Waals surface area contributed by atoms with Gasteiger partial charge in [-0.1, -0.05) is 6.07 Å². The van der Waals surface area contributed by atoms with Crippen molar-refractivity contribution in [1.82, 2.24) is 14.9 Å². The highest BCUT2D eigenvalue weighted by molar-refractivity contribution is 7.89. The van der Waals surface area contributed by atoms with Crippen LogP contribution >= 0.6 is 0 Å². The third-order valence-corrected chi connectivity index (χ3v) is 4.39. The van der Waals surface area contributed by atoms with Crippen LogP contribution in [0, 0.1) is 5.82 Å². The van der Waals surface area contributed by atoms with E-state index in [1.807, 2.05) is 0 Å². The molecule has 1 aliphatic rings. The molecule has 1 aromatic rings. The van der Waals surface area contributed by atoms with Gasteiger partial charge < -0.3 is 10.2 Å². The number of nitrogens with zero attached hydrogens (tertiary/aromatic N) is 1. The van der Waals surface area contributed by atoms with Crippen LogP contribution in [0.1, 0.15) is 0 Å². The summed E-state index contributed by atoms with van der Waals surface area (Å²) < 4.78 is 39.0. The number of hydrogen-bond acceptors (Lipinski definition) is 4. The normalized spacial score (nSPS) is 16.1. The number of carbonyl (C=O) groups is 1. The molecule has 0 radical (unpaired) electrons. The third kappa shape index (κ3) is 3.75. The highest BCUT2D eigenvalue weighted by Crippen LogP contribution is 2.10. The van der Waals surface area contributed by atoms with E-state index in [0.29, 0.717) is 26.2 Å². The lowest BCUT2D eigenvalue weighted by Gasteiger charge is -2.27. The molecule has 1 aromatic carbocycles. The zero-order chi connectivity index (χ0) is 14.6. The van der Waals surface area contributed by atoms with E-state index in [1.54, 1.807) is 4.90 Å². The molecule has 0 unspecified atom stereocenters. The van der Waals surface area contributed by atoms with Crippen molar-refractivity contribution < 1.29 is 17.6 Å². The van der Waals surface area contributed by atoms with Crippen molar-refractivity contribution in [1.29, 1.82) is 0 Å². The molecule has 2 rings (SSSR count). The van der Waals surface area contributed by atoms with Gasteiger partial charge in [0.15, 0.2) is 0 Å². The second-order valence-corrected chi connectivity index (χ2v) is 6.18. The van der Waals surface area contributed by atoms with E-state index in [2.05, 4.69) is 10.0 Å². The molecule has 0 bridgehead atoms. The van der Waals surface area contributed by atoms with Crippen molar-refractivity contribution in [2.24, 2.45) is 0 Å². The number of sulfonamides is 1. The number of carbonyl (C=O) groups excluding carboxylic acids is 1. The predicted octanol–water partition coefficient (Wildman–Crippen LogP) is -0.464. The van der Waals surface area contributed by atoms with E-state index in [-0.39, 0.29) is 17.3 Å². The van der Waals surface area contributed by atoms with Crippen molar-refractivity contribution in [2.45, 2.75) is 4.90 Å². The number of piperazine rings is 1. The number of amides is 1. The summed E-state index contributed by atoms with van der Waals surface area (Å²) in [7, 11) is -3.87. The first-order chi connectivity index (χ1) is 9.49. The van der Waals surface area contributed by atoms with Gasteiger partial charge in [-0.25, -0.2) is 17.5 Å². The Bertz CT molecular complexity index is 585. The van der Waals surface area contributed by atoms with E-state index < -0.39 is 15.8 Å². The highest BCUT2D eigenvalue weighted by atomic mass is 32.2. The van der Waals surface area contributed by atoms with Gasteiger partial charge in [-0.05, 0) is 18.2 Å². The van der Waals surface area contributed by atoms with Crippen molar-refractivity contribution in [3.8, 4) is 0 Å². The van der Waals surface area contributed by atoms with E-state index in [9.17, 15) is 17.6 Å². The van der Waals surface area contributed by atoms with Gasteiger partial charge in [0.2, 0.25) is 15.9 Å². The molecular weight excluding hydrogens is 285 g/mol. The smallest absolute Gasteiger partial charge is 0.241 e. The Morgan fingerprint density at radius 2 is 2.05 bits per heavy atom. The second-order valence-electron chi connectivity index (χ2n) is 4.41. The Morgan fingerprint density at radius 1 is 1.35 bits per heavy atom. The summed E-state index contributed by atoms with van der Waals surface area (Å²) in [6, 6.07) is 4.66. The molecule has 1 saturated heterocycles. The van der Waals surface area contributed by atoms with E-state index >= 15 is 0 Å². The van der Waals surface area contributed by atoms with Gasteiger partial charge in [0.1, 0.15) is 5.82 Å². The SMILES string of the molecule is O=C(CNS(=O)(=O)c1cccc(F)c1)N1CCNCC1. The number of rotatable bonds is 4. The quantitative estimate of drug-likeness (QED) is 0.788. The molecule has 0 aliphatic carbocycles. The second kappa shape index (κ2) is 6.29. The summed E-state index contributed by atoms with van der Waals surface area (Å²) in [5.74, 6) is -0.923. The Balaban J connectivity index is 1.97. The summed E-state index contributed by atoms with van der Waals surface area (Å²) in [4.78, 5) is 13.2. The standard InChI is InChI=1S/C12H16FN3O3S/c13-10-2-1-3-11(8-10)20(18,19)15-9-12(17)16-6-4-14-5-7-16/h1-3,8,14-15H,4-7,9H2. The molecule has 1 amide bonds. The lowest BCUT2D eigenvalue weighted by atomic mass is 10.3. The molecule has 0 spiro atoms. The average Bonchev–Trinajstić information content (AvgIpc) is 2.46. The summed E-state index contributed by atoms with van der Waals surface area (Å²) in [6.45, 7) is 2.19. The lowest BCUT2D eigenvalue weighted by Crippen LogP contribution is -2.49. The Kier molecular flexibility index (Phi) is 4.69. The average molecular weight is 301 g/mol. The molecule has 2 N–H and O–H groups in total. The van der Waals surface area contributed by atoms with Crippen molar-refractivity contribution in [2.75, 3.05) is 32.7 Å². The maximum atomic E-state index is 13.0. The van der Waals surface area contributed by atoms with Crippen LogP contribution in [-0.2, 0) is 14.8 Å². The number of hydrogen-bond donors (Lipinski definition) is 2. The first-order valence-electron chi connectivity index (χ1n) is 6.23. The molecule has 0 aromatic heterocycles. The van der Waals surface area contributed by atoms with Gasteiger partial charge in [0.05, 0.1) is 11.4 Å². The number of nitrogens with one attached hydrogen (secondary N) is 2. The van der Waals surface area contributed by atoms with Crippen molar-refractivity contribution in [3.63, 3.8) is 0 Å². The Morgan fingerprint density at radius 3 is 2.70 bits per heavy atom. The maximum Gasteiger partial charge on any atom is 0.241 e. The van der Waals surface area contributed by atoms with Gasteiger partial charge in [-0.2, -0.15) is 0 Å². The predicted molar refractivity (Wildman–Crippen MR) is 71.0 cm³/mol. The van der Waals surface area contributed by atoms with Gasteiger partial charge in [-0.3, -0.25) is 4.79 Å². The first kappa shape index (κ1) is 14.9. The van der Waals surface area contributed by atoms with Crippen LogP contribution in [0.3, 0.4) is 0 Å². The van der Waals surface area contributed by atoms with Crippen LogP contribution in [0.4, 0.5) is 4.39 Å². The van der Waals surface area contributed by atoms with E-state index in [0.717, 1.165) is 12.1 Å². The van der Waals surface area contributed by atoms with Crippen LogP contribution in [0.15, 0.2) is 29.2 Å². The van der Waals surface area contributed by atoms with Crippen LogP contribution in [-0.4, -0.2) is 51.9 Å². The van der Waals surface area contributed by atoms with Crippen LogP contribution in [0.25, 0.3) is 0 Å². The van der Waals surface area contributed by atoms with Crippen LogP contribution < -0.4 is 10.0 Å². The third-order valence-electron chi connectivity index (χ3n) is 2.99. The number of benzene rings is 1.